The van der Waals surface area contributed by atoms with Gasteiger partial charge in [-0.1, -0.05) is 22.4 Å². The van der Waals surface area contributed by atoms with E-state index in [-0.39, 0.29) is 0 Å². The molecule has 0 bridgehead atoms. The summed E-state index contributed by atoms with van der Waals surface area (Å²) in [6.07, 6.45) is 5.60. The van der Waals surface area contributed by atoms with Crippen molar-refractivity contribution in [2.24, 2.45) is 0 Å². The lowest BCUT2D eigenvalue weighted by Gasteiger charge is -2.20. The molecular formula is C12H18Br2N2. The molecule has 1 rings (SSSR count). The molecule has 16 heavy (non-hydrogen) atoms. The van der Waals surface area contributed by atoms with Gasteiger partial charge in [0.25, 0.3) is 0 Å². The van der Waals surface area contributed by atoms with Gasteiger partial charge in [-0.3, -0.25) is 0 Å². The van der Waals surface area contributed by atoms with Crippen LogP contribution in [0.3, 0.4) is 0 Å². The highest BCUT2D eigenvalue weighted by atomic mass is 79.9. The number of nitrogens with zero attached hydrogens (tertiary/aromatic N) is 2. The van der Waals surface area contributed by atoms with Gasteiger partial charge < -0.3 is 4.90 Å². The maximum absolute atomic E-state index is 4.45. The number of pyridine rings is 1. The topological polar surface area (TPSA) is 16.1 Å². The van der Waals surface area contributed by atoms with Gasteiger partial charge in [-0.05, 0) is 47.3 Å². The molecule has 0 saturated carbocycles. The first-order valence-electron chi connectivity index (χ1n) is 5.54. The van der Waals surface area contributed by atoms with Crippen LogP contribution in [0.2, 0.25) is 0 Å². The molecule has 0 aromatic carbocycles. The van der Waals surface area contributed by atoms with Crippen molar-refractivity contribution >= 4 is 37.7 Å². The molecule has 0 spiro atoms. The van der Waals surface area contributed by atoms with Crippen molar-refractivity contribution in [1.82, 2.24) is 4.98 Å². The SMILES string of the molecule is Cc1cc(Br)cnc1N(C)CCCCCBr. The number of unbranched alkanes of at least 4 members (excludes halogenated alkanes) is 2. The predicted octanol–water partition coefficient (Wildman–Crippen LogP) is 4.15. The summed E-state index contributed by atoms with van der Waals surface area (Å²) in [5, 5.41) is 1.10. The maximum Gasteiger partial charge on any atom is 0.131 e. The second-order valence-electron chi connectivity index (χ2n) is 3.97. The summed E-state index contributed by atoms with van der Waals surface area (Å²) in [5.74, 6) is 1.09. The average Bonchev–Trinajstić information content (AvgIpc) is 2.24. The largest absolute Gasteiger partial charge is 0.359 e. The van der Waals surface area contributed by atoms with Crippen molar-refractivity contribution in [2.45, 2.75) is 26.2 Å². The third-order valence-corrected chi connectivity index (χ3v) is 3.50. The van der Waals surface area contributed by atoms with Crippen molar-refractivity contribution in [2.75, 3.05) is 23.8 Å². The fourth-order valence-electron chi connectivity index (χ4n) is 1.66. The highest BCUT2D eigenvalue weighted by Gasteiger charge is 2.05. The smallest absolute Gasteiger partial charge is 0.131 e. The number of rotatable bonds is 6. The normalized spacial score (nSPS) is 10.5. The van der Waals surface area contributed by atoms with Gasteiger partial charge in [0.2, 0.25) is 0 Å². The third kappa shape index (κ3) is 4.42. The van der Waals surface area contributed by atoms with Crippen LogP contribution in [0.5, 0.6) is 0 Å². The Morgan fingerprint density at radius 2 is 2.06 bits per heavy atom. The summed E-state index contributed by atoms with van der Waals surface area (Å²) >= 11 is 6.88. The minimum atomic E-state index is 1.04. The number of alkyl halides is 1. The minimum Gasteiger partial charge on any atom is -0.359 e. The fourth-order valence-corrected chi connectivity index (χ4v) is 2.50. The van der Waals surface area contributed by atoms with Crippen LogP contribution < -0.4 is 4.90 Å². The lowest BCUT2D eigenvalue weighted by molar-refractivity contribution is 0.706. The Balaban J connectivity index is 2.49. The second-order valence-corrected chi connectivity index (χ2v) is 5.67. The molecule has 0 aliphatic rings. The molecule has 90 valence electrons. The zero-order valence-electron chi connectivity index (χ0n) is 9.84. The van der Waals surface area contributed by atoms with Crippen LogP contribution in [0.4, 0.5) is 5.82 Å². The summed E-state index contributed by atoms with van der Waals surface area (Å²) in [5.41, 5.74) is 1.22. The first kappa shape index (κ1) is 14.0. The molecule has 0 fully saturated rings. The number of hydrogen-bond donors (Lipinski definition) is 0. The van der Waals surface area contributed by atoms with E-state index in [9.17, 15) is 0 Å². The summed E-state index contributed by atoms with van der Waals surface area (Å²) < 4.78 is 1.04. The monoisotopic (exact) mass is 348 g/mol. The minimum absolute atomic E-state index is 1.04. The zero-order valence-corrected chi connectivity index (χ0v) is 13.0. The Bertz CT molecular complexity index is 329. The van der Waals surface area contributed by atoms with E-state index >= 15 is 0 Å². The van der Waals surface area contributed by atoms with Crippen LogP contribution in [0.15, 0.2) is 16.7 Å². The summed E-state index contributed by atoms with van der Waals surface area (Å²) in [4.78, 5) is 6.68. The lowest BCUT2D eigenvalue weighted by Crippen LogP contribution is -2.20. The van der Waals surface area contributed by atoms with Gasteiger partial charge in [-0.15, -0.1) is 0 Å². The molecule has 0 unspecified atom stereocenters. The van der Waals surface area contributed by atoms with E-state index in [2.05, 4.69) is 61.8 Å². The predicted molar refractivity (Wildman–Crippen MR) is 77.6 cm³/mol. The molecule has 1 aromatic heterocycles. The van der Waals surface area contributed by atoms with Crippen molar-refractivity contribution in [1.29, 1.82) is 0 Å². The van der Waals surface area contributed by atoms with Crippen LogP contribution >= 0.6 is 31.9 Å². The van der Waals surface area contributed by atoms with Gasteiger partial charge >= 0.3 is 0 Å². The Morgan fingerprint density at radius 1 is 1.31 bits per heavy atom. The van der Waals surface area contributed by atoms with Crippen molar-refractivity contribution < 1.29 is 0 Å². The molecule has 1 aromatic rings. The number of halogens is 2. The standard InChI is InChI=1S/C12H18Br2N2/c1-10-8-11(14)9-15-12(10)16(2)7-5-3-4-6-13/h8-9H,3-7H2,1-2H3. The molecule has 1 heterocycles. The van der Waals surface area contributed by atoms with Gasteiger partial charge in [0.1, 0.15) is 5.82 Å². The molecule has 0 radical (unpaired) electrons. The van der Waals surface area contributed by atoms with Crippen molar-refractivity contribution in [3.05, 3.63) is 22.3 Å². The van der Waals surface area contributed by atoms with Crippen LogP contribution in [-0.2, 0) is 0 Å². The molecule has 0 amide bonds. The van der Waals surface area contributed by atoms with E-state index in [1.165, 1.54) is 24.8 Å². The summed E-state index contributed by atoms with van der Waals surface area (Å²) in [6.45, 7) is 3.17. The van der Waals surface area contributed by atoms with E-state index in [0.717, 1.165) is 22.2 Å². The van der Waals surface area contributed by atoms with E-state index in [1.54, 1.807) is 0 Å². The van der Waals surface area contributed by atoms with Gasteiger partial charge in [0.15, 0.2) is 0 Å². The van der Waals surface area contributed by atoms with E-state index in [4.69, 9.17) is 0 Å². The Hall–Kier alpha value is -0.0900. The first-order chi connectivity index (χ1) is 7.65. The number of aryl methyl sites for hydroxylation is 1. The number of anilines is 1. The second kappa shape index (κ2) is 7.28. The molecule has 4 heteroatoms. The van der Waals surface area contributed by atoms with E-state index < -0.39 is 0 Å². The molecule has 0 aliphatic carbocycles. The van der Waals surface area contributed by atoms with Crippen LogP contribution in [0.25, 0.3) is 0 Å². The molecule has 0 aliphatic heterocycles. The van der Waals surface area contributed by atoms with Gasteiger partial charge in [-0.2, -0.15) is 0 Å². The molecule has 2 nitrogen and oxygen atoms in total. The zero-order chi connectivity index (χ0) is 12.0. The van der Waals surface area contributed by atoms with E-state index in [1.807, 2.05) is 6.20 Å². The third-order valence-electron chi connectivity index (χ3n) is 2.51. The molecule has 0 N–H and O–H groups in total. The molecule has 0 saturated heterocycles. The highest BCUT2D eigenvalue weighted by Crippen LogP contribution is 2.19. The Labute approximate surface area is 115 Å². The van der Waals surface area contributed by atoms with Gasteiger partial charge in [0, 0.05) is 29.6 Å². The average molecular weight is 350 g/mol. The first-order valence-corrected chi connectivity index (χ1v) is 7.46. The Kier molecular flexibility index (Phi) is 6.36. The Morgan fingerprint density at radius 3 is 2.69 bits per heavy atom. The lowest BCUT2D eigenvalue weighted by atomic mass is 10.2. The van der Waals surface area contributed by atoms with Crippen LogP contribution in [0, 0.1) is 6.92 Å². The van der Waals surface area contributed by atoms with Gasteiger partial charge in [-0.25, -0.2) is 4.98 Å². The summed E-state index contributed by atoms with van der Waals surface area (Å²) in [7, 11) is 2.11. The van der Waals surface area contributed by atoms with Gasteiger partial charge in [0.05, 0.1) is 0 Å². The quantitative estimate of drug-likeness (QED) is 0.566. The summed E-state index contributed by atoms with van der Waals surface area (Å²) in [6, 6.07) is 2.11. The molecular weight excluding hydrogens is 332 g/mol. The number of aromatic nitrogens is 1. The fraction of sp³-hybridized carbons (Fsp3) is 0.583. The van der Waals surface area contributed by atoms with Crippen molar-refractivity contribution in [3.63, 3.8) is 0 Å². The maximum atomic E-state index is 4.45. The number of hydrogen-bond acceptors (Lipinski definition) is 2. The van der Waals surface area contributed by atoms with Crippen molar-refractivity contribution in [3.8, 4) is 0 Å². The highest BCUT2D eigenvalue weighted by molar-refractivity contribution is 9.10. The molecule has 0 atom stereocenters. The van der Waals surface area contributed by atoms with Crippen LogP contribution in [-0.4, -0.2) is 23.9 Å². The van der Waals surface area contributed by atoms with Crippen LogP contribution in [0.1, 0.15) is 24.8 Å². The van der Waals surface area contributed by atoms with E-state index in [0.29, 0.717) is 0 Å².